The summed E-state index contributed by atoms with van der Waals surface area (Å²) in [5.41, 5.74) is 0.705. The van der Waals surface area contributed by atoms with Gasteiger partial charge in [-0.2, -0.15) is 0 Å². The number of hydrogen-bond acceptors (Lipinski definition) is 6. The third kappa shape index (κ3) is 1.92. The quantitative estimate of drug-likeness (QED) is 0.699. The molecule has 0 saturated carbocycles. The first kappa shape index (κ1) is 14.1. The Hall–Kier alpha value is -2.89. The predicted octanol–water partition coefficient (Wildman–Crippen LogP) is 2.24. The van der Waals surface area contributed by atoms with Crippen LogP contribution in [0.1, 0.15) is 27.0 Å². The Morgan fingerprint density at radius 3 is 2.45 bits per heavy atom. The first-order valence-electron chi connectivity index (χ1n) is 6.57. The molecule has 0 saturated heterocycles. The maximum Gasteiger partial charge on any atom is 0.204 e. The van der Waals surface area contributed by atoms with Gasteiger partial charge in [0.15, 0.2) is 11.5 Å². The molecule has 6 nitrogen and oxygen atoms in total. The maximum absolute atomic E-state index is 12.7. The van der Waals surface area contributed by atoms with Crippen LogP contribution >= 0.6 is 0 Å². The van der Waals surface area contributed by atoms with Crippen LogP contribution in [0.2, 0.25) is 0 Å². The predicted molar refractivity (Wildman–Crippen MR) is 76.9 cm³/mol. The van der Waals surface area contributed by atoms with Crippen molar-refractivity contribution in [2.75, 3.05) is 7.11 Å². The Labute approximate surface area is 126 Å². The van der Waals surface area contributed by atoms with E-state index < -0.39 is 5.78 Å². The van der Waals surface area contributed by atoms with Crippen molar-refractivity contribution in [2.45, 2.75) is 13.5 Å². The zero-order chi connectivity index (χ0) is 16.0. The maximum atomic E-state index is 12.7. The van der Waals surface area contributed by atoms with Crippen molar-refractivity contribution in [1.82, 2.24) is 0 Å². The molecule has 0 unspecified atom stereocenters. The van der Waals surface area contributed by atoms with E-state index in [1.807, 2.05) is 0 Å². The van der Waals surface area contributed by atoms with Gasteiger partial charge in [0.1, 0.15) is 29.4 Å². The topological polar surface area (TPSA) is 96.2 Å². The molecule has 0 spiro atoms. The summed E-state index contributed by atoms with van der Waals surface area (Å²) in [7, 11) is 1.34. The molecule has 2 aromatic rings. The summed E-state index contributed by atoms with van der Waals surface area (Å²) in [5, 5.41) is 30.3. The van der Waals surface area contributed by atoms with Crippen molar-refractivity contribution in [3.05, 3.63) is 40.5 Å². The van der Waals surface area contributed by atoms with Crippen molar-refractivity contribution in [1.29, 1.82) is 0 Å². The molecule has 0 radical (unpaired) electrons. The molecule has 0 aliphatic carbocycles. The normalized spacial score (nSPS) is 12.9. The number of aryl methyl sites for hydroxylation is 1. The average molecular weight is 302 g/mol. The van der Waals surface area contributed by atoms with Crippen LogP contribution < -0.4 is 9.47 Å². The van der Waals surface area contributed by atoms with Crippen molar-refractivity contribution in [3.8, 4) is 28.7 Å². The van der Waals surface area contributed by atoms with Gasteiger partial charge in [-0.3, -0.25) is 4.79 Å². The van der Waals surface area contributed by atoms with Crippen LogP contribution in [0.25, 0.3) is 0 Å². The zero-order valence-electron chi connectivity index (χ0n) is 12.0. The molecule has 0 fully saturated rings. The summed E-state index contributed by atoms with van der Waals surface area (Å²) in [6.07, 6.45) is 0. The second kappa shape index (κ2) is 4.84. The van der Waals surface area contributed by atoms with E-state index in [9.17, 15) is 20.1 Å². The molecule has 2 aromatic carbocycles. The molecule has 1 aliphatic heterocycles. The summed E-state index contributed by atoms with van der Waals surface area (Å²) < 4.78 is 10.5. The third-order valence-corrected chi connectivity index (χ3v) is 3.62. The van der Waals surface area contributed by atoms with Crippen LogP contribution in [0.15, 0.2) is 18.2 Å². The number of benzene rings is 2. The van der Waals surface area contributed by atoms with E-state index in [0.717, 1.165) is 11.6 Å². The second-order valence-electron chi connectivity index (χ2n) is 5.08. The van der Waals surface area contributed by atoms with Crippen LogP contribution in [0.5, 0.6) is 28.7 Å². The van der Waals surface area contributed by atoms with Crippen LogP contribution in [-0.2, 0) is 6.61 Å². The van der Waals surface area contributed by atoms with Crippen molar-refractivity contribution < 1.29 is 29.6 Å². The lowest BCUT2D eigenvalue weighted by Gasteiger charge is -2.12. The third-order valence-electron chi connectivity index (χ3n) is 3.62. The van der Waals surface area contributed by atoms with Gasteiger partial charge in [-0.15, -0.1) is 0 Å². The Morgan fingerprint density at radius 2 is 1.77 bits per heavy atom. The highest BCUT2D eigenvalue weighted by Gasteiger charge is 2.31. The molecule has 1 heterocycles. The Morgan fingerprint density at radius 1 is 1.09 bits per heavy atom. The van der Waals surface area contributed by atoms with E-state index >= 15 is 0 Å². The number of hydrogen-bond donors (Lipinski definition) is 3. The molecule has 114 valence electrons. The van der Waals surface area contributed by atoms with E-state index in [2.05, 4.69) is 0 Å². The second-order valence-corrected chi connectivity index (χ2v) is 5.08. The van der Waals surface area contributed by atoms with Gasteiger partial charge in [0, 0.05) is 11.6 Å². The number of carbonyl (C=O) groups is 1. The number of ketones is 1. The number of methoxy groups -OCH3 is 1. The minimum Gasteiger partial charge on any atom is -0.507 e. The van der Waals surface area contributed by atoms with Crippen molar-refractivity contribution in [2.24, 2.45) is 0 Å². The van der Waals surface area contributed by atoms with E-state index in [4.69, 9.17) is 9.47 Å². The van der Waals surface area contributed by atoms with E-state index in [0.29, 0.717) is 0 Å². The molecular formula is C16H14O6. The van der Waals surface area contributed by atoms with Gasteiger partial charge in [0.25, 0.3) is 0 Å². The van der Waals surface area contributed by atoms with Crippen LogP contribution in [0.4, 0.5) is 0 Å². The van der Waals surface area contributed by atoms with Gasteiger partial charge in [0.2, 0.25) is 5.78 Å². The van der Waals surface area contributed by atoms with Crippen LogP contribution in [-0.4, -0.2) is 28.2 Å². The number of fused-ring (bicyclic) bond motifs is 2. The van der Waals surface area contributed by atoms with E-state index in [1.54, 1.807) is 13.0 Å². The molecule has 0 bridgehead atoms. The highest BCUT2D eigenvalue weighted by molar-refractivity contribution is 6.15. The first-order chi connectivity index (χ1) is 10.4. The number of aromatic hydroxyl groups is 3. The average Bonchev–Trinajstić information content (AvgIpc) is 2.60. The minimum absolute atomic E-state index is 0.0378. The largest absolute Gasteiger partial charge is 0.507 e. The molecule has 6 heteroatoms. The number of rotatable bonds is 1. The number of ether oxygens (including phenoxy) is 2. The molecular weight excluding hydrogens is 288 g/mol. The molecule has 0 atom stereocenters. The summed E-state index contributed by atoms with van der Waals surface area (Å²) in [6.45, 7) is 1.62. The minimum atomic E-state index is -0.615. The summed E-state index contributed by atoms with van der Waals surface area (Å²) >= 11 is 0. The van der Waals surface area contributed by atoms with Gasteiger partial charge >= 0.3 is 0 Å². The fourth-order valence-corrected chi connectivity index (χ4v) is 2.59. The lowest BCUT2D eigenvalue weighted by atomic mass is 9.95. The molecule has 0 amide bonds. The highest BCUT2D eigenvalue weighted by atomic mass is 16.5. The van der Waals surface area contributed by atoms with Crippen LogP contribution in [0, 0.1) is 6.92 Å². The molecule has 22 heavy (non-hydrogen) atoms. The smallest absolute Gasteiger partial charge is 0.204 e. The lowest BCUT2D eigenvalue weighted by Crippen LogP contribution is -2.05. The van der Waals surface area contributed by atoms with Gasteiger partial charge in [-0.25, -0.2) is 0 Å². The molecule has 1 aliphatic rings. The summed E-state index contributed by atoms with van der Waals surface area (Å²) in [5.74, 6) is -1.22. The standard InChI is InChI=1S/C16H14O6/c1-7-3-9(17)14-11(4-7)22-6-8-13(16(14)20)10(18)5-12(21-2)15(8)19/h3-5,17-19H,6H2,1-2H3. The first-order valence-corrected chi connectivity index (χ1v) is 6.57. The van der Waals surface area contributed by atoms with E-state index in [-0.39, 0.29) is 52.0 Å². The lowest BCUT2D eigenvalue weighted by molar-refractivity contribution is 0.103. The summed E-state index contributed by atoms with van der Waals surface area (Å²) in [6, 6.07) is 4.21. The van der Waals surface area contributed by atoms with Crippen molar-refractivity contribution in [3.63, 3.8) is 0 Å². The highest BCUT2D eigenvalue weighted by Crippen LogP contribution is 2.44. The van der Waals surface area contributed by atoms with Gasteiger partial charge in [0.05, 0.1) is 12.7 Å². The molecule has 3 N–H and O–H groups in total. The number of carbonyl (C=O) groups excluding carboxylic acids is 1. The Balaban J connectivity index is 2.29. The van der Waals surface area contributed by atoms with Crippen LogP contribution in [0.3, 0.4) is 0 Å². The Bertz CT molecular complexity index is 794. The fraction of sp³-hybridized carbons (Fsp3) is 0.188. The van der Waals surface area contributed by atoms with E-state index in [1.165, 1.54) is 13.2 Å². The number of phenolic OH excluding ortho intramolecular Hbond substituents is 3. The zero-order valence-corrected chi connectivity index (χ0v) is 12.0. The van der Waals surface area contributed by atoms with Gasteiger partial charge in [-0.05, 0) is 24.6 Å². The van der Waals surface area contributed by atoms with Gasteiger partial charge in [-0.1, -0.05) is 0 Å². The monoisotopic (exact) mass is 302 g/mol. The van der Waals surface area contributed by atoms with Gasteiger partial charge < -0.3 is 24.8 Å². The Kier molecular flexibility index (Phi) is 3.09. The SMILES string of the molecule is COc1cc(O)c2c(c1O)COc1cc(C)cc(O)c1C2=O. The van der Waals surface area contributed by atoms with Crippen molar-refractivity contribution >= 4 is 5.78 Å². The molecule has 0 aromatic heterocycles. The fourth-order valence-electron chi connectivity index (χ4n) is 2.59. The summed E-state index contributed by atoms with van der Waals surface area (Å²) in [4.78, 5) is 12.7. The molecule has 3 rings (SSSR count). The number of phenols is 3.